The Hall–Kier alpha value is -3.70. The van der Waals surface area contributed by atoms with Gasteiger partial charge in [-0.1, -0.05) is 226 Å². The van der Waals surface area contributed by atoms with E-state index in [0.717, 1.165) is 109 Å². The van der Waals surface area contributed by atoms with Crippen molar-refractivity contribution in [1.82, 2.24) is 0 Å². The fourth-order valence-electron chi connectivity index (χ4n) is 7.35. The number of hydrogen-bond acceptors (Lipinski definition) is 5. The molecule has 0 aliphatic heterocycles. The minimum Gasteiger partial charge on any atom is -0.462 e. The van der Waals surface area contributed by atoms with E-state index in [1.807, 2.05) is 0 Å². The first-order valence-corrected chi connectivity index (χ1v) is 28.1. The van der Waals surface area contributed by atoms with Crippen molar-refractivity contribution >= 4 is 11.9 Å². The molecule has 0 aromatic heterocycles. The van der Waals surface area contributed by atoms with Crippen LogP contribution in [0.2, 0.25) is 0 Å². The zero-order valence-electron chi connectivity index (χ0n) is 44.3. The molecule has 0 heterocycles. The van der Waals surface area contributed by atoms with E-state index in [1.54, 1.807) is 0 Å². The molecule has 0 saturated carbocycles. The molecule has 1 atom stereocenters. The Morgan fingerprint density at radius 1 is 0.338 bits per heavy atom. The van der Waals surface area contributed by atoms with Gasteiger partial charge in [-0.15, -0.1) is 0 Å². The highest BCUT2D eigenvalue weighted by Gasteiger charge is 2.17. The molecule has 0 spiro atoms. The van der Waals surface area contributed by atoms with Gasteiger partial charge in [0.1, 0.15) is 6.61 Å². The van der Waals surface area contributed by atoms with Gasteiger partial charge >= 0.3 is 11.9 Å². The number of rotatable bonds is 50. The first kappa shape index (κ1) is 64.3. The van der Waals surface area contributed by atoms with Crippen LogP contribution in [-0.2, 0) is 23.8 Å². The zero-order chi connectivity index (χ0) is 49.2. The molecule has 0 radical (unpaired) electrons. The SMILES string of the molecule is CC/C=C\C/C=C\C/C=C\C/C=C\C/C=C\CCCC(=O)OCC(COCCCCCCC/C=C\C/C=C\C/C=C\C/C=C\CC)OC(=O)CCCCCCCCC/C=C\CCCCCCCC. The Morgan fingerprint density at radius 3 is 1.12 bits per heavy atom. The maximum absolute atomic E-state index is 12.9. The normalized spacial score (nSPS) is 13.2. The Kier molecular flexibility index (Phi) is 54.5. The Labute approximate surface area is 420 Å². The summed E-state index contributed by atoms with van der Waals surface area (Å²) in [5, 5.41) is 0. The second-order valence-electron chi connectivity index (χ2n) is 18.1. The first-order valence-electron chi connectivity index (χ1n) is 28.1. The fraction of sp³-hybridized carbons (Fsp3) is 0.651. The molecule has 0 saturated heterocycles. The van der Waals surface area contributed by atoms with Crippen LogP contribution in [0.5, 0.6) is 0 Å². The van der Waals surface area contributed by atoms with Crippen molar-refractivity contribution in [3.05, 3.63) is 122 Å². The van der Waals surface area contributed by atoms with E-state index in [0.29, 0.717) is 19.4 Å². The third-order valence-corrected chi connectivity index (χ3v) is 11.5. The van der Waals surface area contributed by atoms with Crippen molar-refractivity contribution in [2.45, 2.75) is 245 Å². The standard InChI is InChI=1S/C63H104O5/c1-4-7-10-13-16-19-22-25-28-31-34-37-40-43-46-49-52-55-58-66-59-61(68-63(65)57-54-51-48-45-42-39-36-33-30-27-24-21-18-15-12-9-6-3)60-67-62(64)56-53-50-47-44-41-38-35-32-29-26-23-20-17-14-11-8-5-2/h7-8,10-11,16-17,19-20,25-30,34-35,37-38,44,47,61H,4-6,9,12-15,18,21-24,31-33,36,39-43,45-46,48-60H2,1-3H3/b10-7-,11-8-,19-16-,20-17-,28-25-,29-26-,30-27-,37-34-,38-35-,47-44-. The first-order chi connectivity index (χ1) is 33.6. The molecule has 68 heavy (non-hydrogen) atoms. The number of esters is 2. The molecule has 0 N–H and O–H groups in total. The molecular weight excluding hydrogens is 837 g/mol. The molecule has 0 fully saturated rings. The largest absolute Gasteiger partial charge is 0.462 e. The fourth-order valence-corrected chi connectivity index (χ4v) is 7.35. The van der Waals surface area contributed by atoms with Crippen LogP contribution in [0.25, 0.3) is 0 Å². The summed E-state index contributed by atoms with van der Waals surface area (Å²) in [5.41, 5.74) is 0. The molecule has 5 heteroatoms. The van der Waals surface area contributed by atoms with Gasteiger partial charge in [0.25, 0.3) is 0 Å². The van der Waals surface area contributed by atoms with Gasteiger partial charge in [0.2, 0.25) is 0 Å². The number of ether oxygens (including phenoxy) is 3. The molecule has 0 aromatic carbocycles. The molecular formula is C63H104O5. The van der Waals surface area contributed by atoms with Gasteiger partial charge in [-0.05, 0) is 122 Å². The molecule has 1 unspecified atom stereocenters. The molecule has 386 valence electrons. The summed E-state index contributed by atoms with van der Waals surface area (Å²) in [5.74, 6) is -0.484. The number of carbonyl (C=O) groups is 2. The van der Waals surface area contributed by atoms with Crippen molar-refractivity contribution in [3.63, 3.8) is 0 Å². The van der Waals surface area contributed by atoms with Gasteiger partial charge < -0.3 is 14.2 Å². The average Bonchev–Trinajstić information content (AvgIpc) is 3.34. The van der Waals surface area contributed by atoms with Crippen LogP contribution in [-0.4, -0.2) is 37.9 Å². The van der Waals surface area contributed by atoms with E-state index in [2.05, 4.69) is 142 Å². The number of hydrogen-bond donors (Lipinski definition) is 0. The van der Waals surface area contributed by atoms with E-state index >= 15 is 0 Å². The minimum atomic E-state index is -0.580. The lowest BCUT2D eigenvalue weighted by atomic mass is 10.1. The van der Waals surface area contributed by atoms with Gasteiger partial charge in [-0.3, -0.25) is 9.59 Å². The van der Waals surface area contributed by atoms with Gasteiger partial charge in [0, 0.05) is 19.4 Å². The number of allylic oxidation sites excluding steroid dienone is 20. The summed E-state index contributed by atoms with van der Waals surface area (Å²) < 4.78 is 17.4. The molecule has 0 bridgehead atoms. The summed E-state index contributed by atoms with van der Waals surface area (Å²) in [6.07, 6.45) is 80.8. The van der Waals surface area contributed by atoms with Crippen LogP contribution in [0.15, 0.2) is 122 Å². The summed E-state index contributed by atoms with van der Waals surface area (Å²) in [7, 11) is 0. The Morgan fingerprint density at radius 2 is 0.676 bits per heavy atom. The predicted molar refractivity (Wildman–Crippen MR) is 297 cm³/mol. The van der Waals surface area contributed by atoms with Crippen LogP contribution in [0, 0.1) is 0 Å². The monoisotopic (exact) mass is 941 g/mol. The highest BCUT2D eigenvalue weighted by atomic mass is 16.6. The predicted octanol–water partition coefficient (Wildman–Crippen LogP) is 19.3. The summed E-state index contributed by atoms with van der Waals surface area (Å²) >= 11 is 0. The van der Waals surface area contributed by atoms with Crippen molar-refractivity contribution in [3.8, 4) is 0 Å². The summed E-state index contributed by atoms with van der Waals surface area (Å²) in [4.78, 5) is 25.5. The molecule has 5 nitrogen and oxygen atoms in total. The van der Waals surface area contributed by atoms with Crippen molar-refractivity contribution in [1.29, 1.82) is 0 Å². The number of carbonyl (C=O) groups excluding carboxylic acids is 2. The van der Waals surface area contributed by atoms with E-state index < -0.39 is 6.10 Å². The van der Waals surface area contributed by atoms with Crippen LogP contribution < -0.4 is 0 Å². The van der Waals surface area contributed by atoms with Gasteiger partial charge in [0.15, 0.2) is 6.10 Å². The van der Waals surface area contributed by atoms with E-state index in [9.17, 15) is 9.59 Å². The lowest BCUT2D eigenvalue weighted by Crippen LogP contribution is -2.30. The molecule has 0 aliphatic rings. The molecule has 0 aromatic rings. The Balaban J connectivity index is 4.43. The quantitative estimate of drug-likeness (QED) is 0.0345. The lowest BCUT2D eigenvalue weighted by molar-refractivity contribution is -0.163. The average molecular weight is 942 g/mol. The van der Waals surface area contributed by atoms with Crippen LogP contribution in [0.3, 0.4) is 0 Å². The van der Waals surface area contributed by atoms with Gasteiger partial charge in [-0.2, -0.15) is 0 Å². The van der Waals surface area contributed by atoms with Crippen molar-refractivity contribution < 1.29 is 23.8 Å². The van der Waals surface area contributed by atoms with E-state index in [1.165, 1.54) is 96.3 Å². The van der Waals surface area contributed by atoms with Gasteiger partial charge in [0.05, 0.1) is 6.61 Å². The zero-order valence-corrected chi connectivity index (χ0v) is 44.3. The summed E-state index contributed by atoms with van der Waals surface area (Å²) in [6.45, 7) is 7.49. The smallest absolute Gasteiger partial charge is 0.306 e. The molecule has 0 rings (SSSR count). The maximum atomic E-state index is 12.9. The van der Waals surface area contributed by atoms with Crippen LogP contribution in [0.1, 0.15) is 239 Å². The van der Waals surface area contributed by atoms with E-state index in [4.69, 9.17) is 14.2 Å². The molecule has 0 amide bonds. The lowest BCUT2D eigenvalue weighted by Gasteiger charge is -2.18. The third kappa shape index (κ3) is 54.9. The third-order valence-electron chi connectivity index (χ3n) is 11.5. The van der Waals surface area contributed by atoms with Crippen LogP contribution >= 0.6 is 0 Å². The Bertz CT molecular complexity index is 1390. The van der Waals surface area contributed by atoms with E-state index in [-0.39, 0.29) is 25.2 Å². The number of unbranched alkanes of at least 4 members (excludes halogenated alkanes) is 19. The summed E-state index contributed by atoms with van der Waals surface area (Å²) in [6, 6.07) is 0. The van der Waals surface area contributed by atoms with Crippen molar-refractivity contribution in [2.75, 3.05) is 19.8 Å². The van der Waals surface area contributed by atoms with Crippen LogP contribution in [0.4, 0.5) is 0 Å². The molecule has 0 aliphatic carbocycles. The maximum Gasteiger partial charge on any atom is 0.306 e. The topological polar surface area (TPSA) is 61.8 Å². The highest BCUT2D eigenvalue weighted by Crippen LogP contribution is 2.13. The minimum absolute atomic E-state index is 0.0395. The second kappa shape index (κ2) is 57.6. The van der Waals surface area contributed by atoms with Gasteiger partial charge in [-0.25, -0.2) is 0 Å². The second-order valence-corrected chi connectivity index (χ2v) is 18.1. The highest BCUT2D eigenvalue weighted by molar-refractivity contribution is 5.70. The van der Waals surface area contributed by atoms with Crippen molar-refractivity contribution in [2.24, 2.45) is 0 Å².